The van der Waals surface area contributed by atoms with Gasteiger partial charge in [0.25, 0.3) is 10.0 Å². The molecule has 0 amide bonds. The topological polar surface area (TPSA) is 55.2 Å². The number of thiophene rings is 1. The van der Waals surface area contributed by atoms with Gasteiger partial charge in [-0.05, 0) is 30.9 Å². The van der Waals surface area contributed by atoms with Crippen LogP contribution >= 0.6 is 22.9 Å². The molecule has 1 fully saturated rings. The molecule has 0 aliphatic carbocycles. The summed E-state index contributed by atoms with van der Waals surface area (Å²) in [6.07, 6.45) is 7.25. The molecule has 114 valence electrons. The van der Waals surface area contributed by atoms with Crippen molar-refractivity contribution in [2.24, 2.45) is 5.92 Å². The van der Waals surface area contributed by atoms with Crippen molar-refractivity contribution >= 4 is 33.0 Å². The van der Waals surface area contributed by atoms with Crippen LogP contribution < -0.4 is 0 Å². The van der Waals surface area contributed by atoms with Crippen molar-refractivity contribution in [2.75, 3.05) is 13.1 Å². The van der Waals surface area contributed by atoms with Gasteiger partial charge in [0.05, 0.1) is 10.7 Å². The molecule has 0 atom stereocenters. The fourth-order valence-electron chi connectivity index (χ4n) is 2.59. The van der Waals surface area contributed by atoms with Crippen LogP contribution in [0.25, 0.3) is 0 Å². The molecule has 2 aromatic heterocycles. The summed E-state index contributed by atoms with van der Waals surface area (Å²) in [5.74, 6) is 0.498. The highest BCUT2D eigenvalue weighted by Crippen LogP contribution is 2.30. The molecule has 21 heavy (non-hydrogen) atoms. The van der Waals surface area contributed by atoms with Gasteiger partial charge in [-0.15, -0.1) is 11.3 Å². The standard InChI is InChI=1S/C13H16ClN3O2S2/c14-12-1-2-13(20-12)21(18,19)17-6-3-11(4-7-17)9-16-8-5-15-10-16/h1-2,5,8,10-11H,3-4,6-7,9H2. The Morgan fingerprint density at radius 1 is 1.33 bits per heavy atom. The fraction of sp³-hybridized carbons (Fsp3) is 0.462. The average molecular weight is 346 g/mol. The molecule has 0 bridgehead atoms. The Kier molecular flexibility index (Phi) is 4.35. The minimum absolute atomic E-state index is 0.334. The zero-order chi connectivity index (χ0) is 14.9. The highest BCUT2D eigenvalue weighted by molar-refractivity contribution is 7.91. The number of hydrogen-bond donors (Lipinski definition) is 0. The van der Waals surface area contributed by atoms with E-state index in [-0.39, 0.29) is 0 Å². The highest BCUT2D eigenvalue weighted by atomic mass is 35.5. The molecule has 8 heteroatoms. The predicted octanol–water partition coefficient (Wildman–Crippen LogP) is 2.70. The Labute approximate surface area is 133 Å². The van der Waals surface area contributed by atoms with E-state index >= 15 is 0 Å². The second kappa shape index (κ2) is 6.08. The third kappa shape index (κ3) is 3.31. The smallest absolute Gasteiger partial charge is 0.252 e. The second-order valence-corrected chi connectivity index (χ2v) is 9.05. The summed E-state index contributed by atoms with van der Waals surface area (Å²) in [7, 11) is -3.38. The lowest BCUT2D eigenvalue weighted by Crippen LogP contribution is -2.38. The number of rotatable bonds is 4. The summed E-state index contributed by atoms with van der Waals surface area (Å²) in [5.41, 5.74) is 0. The Hall–Kier alpha value is -0.890. The van der Waals surface area contributed by atoms with Gasteiger partial charge < -0.3 is 4.57 Å². The molecule has 0 radical (unpaired) electrons. The Bertz CT molecular complexity index is 689. The van der Waals surface area contributed by atoms with Crippen LogP contribution in [0.4, 0.5) is 0 Å². The van der Waals surface area contributed by atoms with Crippen LogP contribution in [0.2, 0.25) is 4.34 Å². The van der Waals surface area contributed by atoms with Crippen LogP contribution in [-0.4, -0.2) is 35.4 Å². The molecule has 1 saturated heterocycles. The van der Waals surface area contributed by atoms with Crippen molar-refractivity contribution in [3.63, 3.8) is 0 Å². The minimum Gasteiger partial charge on any atom is -0.337 e. The molecular formula is C13H16ClN3O2S2. The van der Waals surface area contributed by atoms with Gasteiger partial charge in [0.1, 0.15) is 4.21 Å². The molecule has 3 heterocycles. The van der Waals surface area contributed by atoms with Gasteiger partial charge in [0.15, 0.2) is 0 Å². The van der Waals surface area contributed by atoms with Gasteiger partial charge in [-0.25, -0.2) is 13.4 Å². The summed E-state index contributed by atoms with van der Waals surface area (Å²) in [6.45, 7) is 2.03. The lowest BCUT2D eigenvalue weighted by atomic mass is 9.98. The zero-order valence-electron chi connectivity index (χ0n) is 11.4. The maximum atomic E-state index is 12.5. The number of halogens is 1. The number of piperidine rings is 1. The molecular weight excluding hydrogens is 330 g/mol. The maximum absolute atomic E-state index is 12.5. The molecule has 0 N–H and O–H groups in total. The van der Waals surface area contributed by atoms with E-state index in [9.17, 15) is 8.42 Å². The lowest BCUT2D eigenvalue weighted by molar-refractivity contribution is 0.253. The molecule has 1 aliphatic rings. The SMILES string of the molecule is O=S(=O)(c1ccc(Cl)s1)N1CCC(Cn2ccnc2)CC1. The molecule has 2 aromatic rings. The van der Waals surface area contributed by atoms with Crippen molar-refractivity contribution in [1.29, 1.82) is 0 Å². The van der Waals surface area contributed by atoms with Crippen LogP contribution in [0.15, 0.2) is 35.1 Å². The molecule has 0 unspecified atom stereocenters. The molecule has 0 saturated carbocycles. The quantitative estimate of drug-likeness (QED) is 0.856. The normalized spacial score (nSPS) is 18.1. The number of hydrogen-bond acceptors (Lipinski definition) is 4. The maximum Gasteiger partial charge on any atom is 0.252 e. The van der Waals surface area contributed by atoms with Crippen molar-refractivity contribution in [2.45, 2.75) is 23.6 Å². The third-order valence-electron chi connectivity index (χ3n) is 3.74. The van der Waals surface area contributed by atoms with Crippen LogP contribution in [0.1, 0.15) is 12.8 Å². The molecule has 0 spiro atoms. The van der Waals surface area contributed by atoms with Crippen LogP contribution in [0.5, 0.6) is 0 Å². The van der Waals surface area contributed by atoms with Gasteiger partial charge >= 0.3 is 0 Å². The van der Waals surface area contributed by atoms with E-state index in [4.69, 9.17) is 11.6 Å². The van der Waals surface area contributed by atoms with Gasteiger partial charge in [-0.1, -0.05) is 11.6 Å². The van der Waals surface area contributed by atoms with Gasteiger partial charge in [-0.3, -0.25) is 0 Å². The first-order valence-electron chi connectivity index (χ1n) is 6.77. The van der Waals surface area contributed by atoms with Crippen LogP contribution in [-0.2, 0) is 16.6 Å². The van der Waals surface area contributed by atoms with E-state index in [2.05, 4.69) is 4.98 Å². The van der Waals surface area contributed by atoms with Crippen molar-refractivity contribution in [3.8, 4) is 0 Å². The van der Waals surface area contributed by atoms with E-state index in [1.54, 1.807) is 29.0 Å². The first kappa shape index (κ1) is 15.0. The Morgan fingerprint density at radius 2 is 2.10 bits per heavy atom. The third-order valence-corrected chi connectivity index (χ3v) is 7.34. The number of sulfonamides is 1. The fourth-order valence-corrected chi connectivity index (χ4v) is 5.70. The summed E-state index contributed by atoms with van der Waals surface area (Å²) in [6, 6.07) is 3.21. The first-order valence-corrected chi connectivity index (χ1v) is 9.40. The van der Waals surface area contributed by atoms with Crippen molar-refractivity contribution in [3.05, 3.63) is 35.2 Å². The predicted molar refractivity (Wildman–Crippen MR) is 83.0 cm³/mol. The van der Waals surface area contributed by atoms with Gasteiger partial charge in [0, 0.05) is 32.0 Å². The Morgan fingerprint density at radius 3 is 2.67 bits per heavy atom. The second-order valence-electron chi connectivity index (χ2n) is 5.17. The monoisotopic (exact) mass is 345 g/mol. The van der Waals surface area contributed by atoms with E-state index in [0.717, 1.165) is 30.7 Å². The number of imidazole rings is 1. The number of nitrogens with zero attached hydrogens (tertiary/aromatic N) is 3. The van der Waals surface area contributed by atoms with Crippen LogP contribution in [0, 0.1) is 5.92 Å². The van der Waals surface area contributed by atoms with Crippen molar-refractivity contribution in [1.82, 2.24) is 13.9 Å². The van der Waals surface area contributed by atoms with Crippen LogP contribution in [0.3, 0.4) is 0 Å². The van der Waals surface area contributed by atoms with E-state index in [1.165, 1.54) is 0 Å². The molecule has 1 aliphatic heterocycles. The summed E-state index contributed by atoms with van der Waals surface area (Å²) in [5, 5.41) is 0. The molecule has 5 nitrogen and oxygen atoms in total. The summed E-state index contributed by atoms with van der Waals surface area (Å²) in [4.78, 5) is 4.03. The first-order chi connectivity index (χ1) is 10.1. The number of aromatic nitrogens is 2. The summed E-state index contributed by atoms with van der Waals surface area (Å²) >= 11 is 6.95. The van der Waals surface area contributed by atoms with E-state index in [0.29, 0.717) is 27.6 Å². The van der Waals surface area contributed by atoms with E-state index in [1.807, 2.05) is 10.8 Å². The Balaban J connectivity index is 1.63. The highest BCUT2D eigenvalue weighted by Gasteiger charge is 2.30. The van der Waals surface area contributed by atoms with Gasteiger partial charge in [0.2, 0.25) is 0 Å². The minimum atomic E-state index is -3.38. The summed E-state index contributed by atoms with van der Waals surface area (Å²) < 4.78 is 29.4. The largest absolute Gasteiger partial charge is 0.337 e. The average Bonchev–Trinajstić information content (AvgIpc) is 3.11. The van der Waals surface area contributed by atoms with Crippen molar-refractivity contribution < 1.29 is 8.42 Å². The molecule has 3 rings (SSSR count). The van der Waals surface area contributed by atoms with E-state index < -0.39 is 10.0 Å². The molecule has 0 aromatic carbocycles. The van der Waals surface area contributed by atoms with Gasteiger partial charge in [-0.2, -0.15) is 4.31 Å². The zero-order valence-corrected chi connectivity index (χ0v) is 13.7. The lowest BCUT2D eigenvalue weighted by Gasteiger charge is -2.30.